The number of carbonyl (C=O) groups excluding carboxylic acids is 1. The van der Waals surface area contributed by atoms with Gasteiger partial charge < -0.3 is 4.74 Å². The molecule has 0 aliphatic carbocycles. The van der Waals surface area contributed by atoms with Gasteiger partial charge in [-0.15, -0.1) is 0 Å². The summed E-state index contributed by atoms with van der Waals surface area (Å²) in [6, 6.07) is -0.695. The standard InChI is InChI=1S/C7H14NO5P/c1-5-6(7(9)11-2)8(5)14(10,12-3)13-4/h5-6H,1-4H3/t5-,6+,8?/m0/s1. The summed E-state index contributed by atoms with van der Waals surface area (Å²) in [4.78, 5) is 11.2. The zero-order chi connectivity index (χ0) is 10.9. The first-order valence-corrected chi connectivity index (χ1v) is 5.59. The number of ether oxygens (including phenoxy) is 1. The Morgan fingerprint density at radius 2 is 1.79 bits per heavy atom. The van der Waals surface area contributed by atoms with E-state index in [0.717, 1.165) is 0 Å². The minimum absolute atomic E-state index is 0.173. The van der Waals surface area contributed by atoms with Crippen molar-refractivity contribution in [3.8, 4) is 0 Å². The molecule has 0 N–H and O–H groups in total. The highest BCUT2D eigenvalue weighted by Crippen LogP contribution is 2.60. The fourth-order valence-electron chi connectivity index (χ4n) is 1.40. The van der Waals surface area contributed by atoms with Crippen molar-refractivity contribution in [2.45, 2.75) is 19.0 Å². The Labute approximate surface area is 82.7 Å². The van der Waals surface area contributed by atoms with Crippen molar-refractivity contribution in [3.05, 3.63) is 0 Å². The lowest BCUT2D eigenvalue weighted by molar-refractivity contribution is -0.140. The summed E-state index contributed by atoms with van der Waals surface area (Å²) >= 11 is 0. The van der Waals surface area contributed by atoms with Crippen LogP contribution < -0.4 is 0 Å². The highest BCUT2D eigenvalue weighted by Gasteiger charge is 2.60. The molecule has 82 valence electrons. The third-order valence-electron chi connectivity index (χ3n) is 2.26. The first-order valence-electron chi connectivity index (χ1n) is 4.10. The average molecular weight is 223 g/mol. The second-order valence-corrected chi connectivity index (χ2v) is 5.05. The van der Waals surface area contributed by atoms with E-state index in [1.54, 1.807) is 6.92 Å². The Balaban J connectivity index is 2.74. The Bertz CT molecular complexity index is 273. The quantitative estimate of drug-likeness (QED) is 0.395. The van der Waals surface area contributed by atoms with Gasteiger partial charge in [0.1, 0.15) is 6.04 Å². The summed E-state index contributed by atoms with van der Waals surface area (Å²) in [6.07, 6.45) is 0. The van der Waals surface area contributed by atoms with Crippen LogP contribution in [0.1, 0.15) is 6.92 Å². The van der Waals surface area contributed by atoms with E-state index >= 15 is 0 Å². The molecule has 0 spiro atoms. The van der Waals surface area contributed by atoms with Crippen LogP contribution in [-0.4, -0.2) is 44.1 Å². The fourth-order valence-corrected chi connectivity index (χ4v) is 3.03. The normalized spacial score (nSPS) is 31.3. The molecule has 0 amide bonds. The van der Waals surface area contributed by atoms with E-state index in [0.29, 0.717) is 0 Å². The van der Waals surface area contributed by atoms with Gasteiger partial charge in [0.05, 0.1) is 7.11 Å². The van der Waals surface area contributed by atoms with E-state index < -0.39 is 19.8 Å². The highest BCUT2D eigenvalue weighted by atomic mass is 31.2. The molecule has 7 heteroatoms. The molecule has 1 rings (SSSR count). The lowest BCUT2D eigenvalue weighted by Crippen LogP contribution is -2.14. The van der Waals surface area contributed by atoms with Gasteiger partial charge in [0, 0.05) is 20.3 Å². The van der Waals surface area contributed by atoms with Crippen LogP contribution >= 0.6 is 7.75 Å². The summed E-state index contributed by atoms with van der Waals surface area (Å²) in [6.45, 7) is 1.76. The molecule has 1 unspecified atom stereocenters. The zero-order valence-corrected chi connectivity index (χ0v) is 9.48. The van der Waals surface area contributed by atoms with Crippen LogP contribution in [0.15, 0.2) is 0 Å². The second kappa shape index (κ2) is 3.98. The predicted octanol–water partition coefficient (Wildman–Crippen LogP) is 0.633. The lowest BCUT2D eigenvalue weighted by Gasteiger charge is -2.14. The zero-order valence-electron chi connectivity index (χ0n) is 8.59. The molecule has 1 heterocycles. The molecular weight excluding hydrogens is 209 g/mol. The molecule has 0 radical (unpaired) electrons. The summed E-state index contributed by atoms with van der Waals surface area (Å²) in [5.74, 6) is -0.424. The van der Waals surface area contributed by atoms with Crippen LogP contribution in [-0.2, 0) is 23.1 Å². The third kappa shape index (κ3) is 1.70. The van der Waals surface area contributed by atoms with Crippen LogP contribution in [0.4, 0.5) is 0 Å². The first-order chi connectivity index (χ1) is 6.51. The van der Waals surface area contributed by atoms with Crippen LogP contribution in [0, 0.1) is 0 Å². The Hall–Kier alpha value is -0.420. The minimum atomic E-state index is -3.29. The smallest absolute Gasteiger partial charge is 0.408 e. The second-order valence-electron chi connectivity index (χ2n) is 2.92. The summed E-state index contributed by atoms with van der Waals surface area (Å²) in [7, 11) is 0.562. The molecule has 0 aromatic heterocycles. The van der Waals surface area contributed by atoms with Gasteiger partial charge in [0.15, 0.2) is 0 Å². The van der Waals surface area contributed by atoms with Gasteiger partial charge in [0.2, 0.25) is 0 Å². The largest absolute Gasteiger partial charge is 0.468 e. The molecule has 1 fully saturated rings. The Morgan fingerprint density at radius 1 is 1.29 bits per heavy atom. The van der Waals surface area contributed by atoms with Crippen molar-refractivity contribution >= 4 is 13.7 Å². The molecule has 3 atom stereocenters. The molecule has 1 aliphatic heterocycles. The maximum absolute atomic E-state index is 11.8. The molecule has 6 nitrogen and oxygen atoms in total. The maximum atomic E-state index is 11.8. The molecule has 14 heavy (non-hydrogen) atoms. The summed E-state index contributed by atoms with van der Waals surface area (Å²) in [5, 5.41) is 0. The molecule has 0 aromatic rings. The van der Waals surface area contributed by atoms with Crippen LogP contribution in [0.3, 0.4) is 0 Å². The van der Waals surface area contributed by atoms with Crippen molar-refractivity contribution in [2.75, 3.05) is 21.3 Å². The van der Waals surface area contributed by atoms with Gasteiger partial charge >= 0.3 is 13.7 Å². The van der Waals surface area contributed by atoms with Crippen LogP contribution in [0.25, 0.3) is 0 Å². The summed E-state index contributed by atoms with van der Waals surface area (Å²) in [5.41, 5.74) is 0. The number of hydrogen-bond acceptors (Lipinski definition) is 5. The number of methoxy groups -OCH3 is 1. The van der Waals surface area contributed by atoms with Gasteiger partial charge in [0.25, 0.3) is 0 Å². The SMILES string of the molecule is COC(=O)[C@H]1[C@H](C)N1P(=O)(OC)OC. The predicted molar refractivity (Wildman–Crippen MR) is 48.7 cm³/mol. The van der Waals surface area contributed by atoms with E-state index in [9.17, 15) is 9.36 Å². The van der Waals surface area contributed by atoms with Gasteiger partial charge in [-0.1, -0.05) is 0 Å². The van der Waals surface area contributed by atoms with Crippen molar-refractivity contribution in [1.29, 1.82) is 0 Å². The van der Waals surface area contributed by atoms with Gasteiger partial charge in [-0.05, 0) is 6.92 Å². The van der Waals surface area contributed by atoms with Crippen molar-refractivity contribution in [3.63, 3.8) is 0 Å². The number of esters is 1. The lowest BCUT2D eigenvalue weighted by atomic mass is 10.3. The number of carbonyl (C=O) groups is 1. The van der Waals surface area contributed by atoms with E-state index in [1.165, 1.54) is 26.0 Å². The van der Waals surface area contributed by atoms with Crippen molar-refractivity contribution in [1.82, 2.24) is 4.67 Å². The average Bonchev–Trinajstić information content (AvgIpc) is 2.88. The first kappa shape index (κ1) is 11.7. The topological polar surface area (TPSA) is 64.8 Å². The Kier molecular flexibility index (Phi) is 3.32. The molecule has 1 saturated heterocycles. The van der Waals surface area contributed by atoms with Gasteiger partial charge in [-0.25, -0.2) is 4.57 Å². The van der Waals surface area contributed by atoms with Crippen LogP contribution in [0.5, 0.6) is 0 Å². The molecule has 0 aromatic carbocycles. The van der Waals surface area contributed by atoms with Gasteiger partial charge in [-0.2, -0.15) is 4.67 Å². The van der Waals surface area contributed by atoms with E-state index in [-0.39, 0.29) is 6.04 Å². The van der Waals surface area contributed by atoms with Crippen molar-refractivity contribution in [2.24, 2.45) is 0 Å². The van der Waals surface area contributed by atoms with E-state index in [4.69, 9.17) is 9.05 Å². The fraction of sp³-hybridized carbons (Fsp3) is 0.857. The number of hydrogen-bond donors (Lipinski definition) is 0. The third-order valence-corrected chi connectivity index (χ3v) is 4.36. The highest BCUT2D eigenvalue weighted by molar-refractivity contribution is 7.51. The molecule has 0 saturated carbocycles. The molecular formula is C7H14NO5P. The van der Waals surface area contributed by atoms with Crippen LogP contribution in [0.2, 0.25) is 0 Å². The van der Waals surface area contributed by atoms with Crippen molar-refractivity contribution < 1.29 is 23.1 Å². The van der Waals surface area contributed by atoms with Gasteiger partial charge in [-0.3, -0.25) is 13.8 Å². The summed E-state index contributed by atoms with van der Waals surface area (Å²) < 4.78 is 27.3. The minimum Gasteiger partial charge on any atom is -0.468 e. The number of nitrogens with zero attached hydrogens (tertiary/aromatic N) is 1. The van der Waals surface area contributed by atoms with E-state index in [2.05, 4.69) is 4.74 Å². The Morgan fingerprint density at radius 3 is 2.14 bits per heavy atom. The molecule has 1 aliphatic rings. The molecule has 0 bridgehead atoms. The van der Waals surface area contributed by atoms with E-state index in [1.807, 2.05) is 0 Å². The maximum Gasteiger partial charge on any atom is 0.408 e. The monoisotopic (exact) mass is 223 g/mol. The number of rotatable bonds is 4.